The number of rotatable bonds is 5. The quantitative estimate of drug-likeness (QED) is 0.705. The van der Waals surface area contributed by atoms with Crippen LogP contribution in [0.5, 0.6) is 11.5 Å². The van der Waals surface area contributed by atoms with E-state index in [2.05, 4.69) is 31.9 Å². The number of nitrogens with two attached hydrogens (primary N) is 1. The van der Waals surface area contributed by atoms with Gasteiger partial charge >= 0.3 is 0 Å². The molecule has 0 aliphatic heterocycles. The van der Waals surface area contributed by atoms with Gasteiger partial charge in [0.2, 0.25) is 0 Å². The molecule has 2 nitrogen and oxygen atoms in total. The summed E-state index contributed by atoms with van der Waals surface area (Å²) < 4.78 is 21.3. The zero-order valence-corrected chi connectivity index (χ0v) is 14.7. The lowest BCUT2D eigenvalue weighted by atomic mass is 10.0. The Balaban J connectivity index is 2.32. The molecule has 0 fully saturated rings. The van der Waals surface area contributed by atoms with Crippen LogP contribution in [0.4, 0.5) is 4.39 Å². The molecule has 112 valence electrons. The lowest BCUT2D eigenvalue weighted by Gasteiger charge is -2.15. The maximum absolute atomic E-state index is 13.8. The number of hydrogen-bond acceptors (Lipinski definition) is 2. The van der Waals surface area contributed by atoms with Gasteiger partial charge in [-0.15, -0.1) is 0 Å². The van der Waals surface area contributed by atoms with Crippen molar-refractivity contribution in [3.05, 3.63) is 56.7 Å². The molecule has 0 spiro atoms. The molecule has 2 aromatic carbocycles. The van der Waals surface area contributed by atoms with Crippen LogP contribution >= 0.6 is 31.9 Å². The van der Waals surface area contributed by atoms with Gasteiger partial charge in [0, 0.05) is 15.0 Å². The topological polar surface area (TPSA) is 35.2 Å². The number of ether oxygens (including phenoxy) is 1. The molecule has 0 saturated carbocycles. The smallest absolute Gasteiger partial charge is 0.165 e. The summed E-state index contributed by atoms with van der Waals surface area (Å²) in [6.45, 7) is 2.04. The van der Waals surface area contributed by atoms with E-state index in [4.69, 9.17) is 10.5 Å². The standard InChI is InChI=1S/C16H16Br2FNO/c1-2-13(20)8-10-7-11(17)4-6-15(10)21-16-9-12(18)3-5-14(16)19/h3-7,9,13H,2,8,20H2,1H3. The minimum Gasteiger partial charge on any atom is -0.454 e. The van der Waals surface area contributed by atoms with Crippen LogP contribution in [0, 0.1) is 5.82 Å². The van der Waals surface area contributed by atoms with Crippen LogP contribution < -0.4 is 10.5 Å². The van der Waals surface area contributed by atoms with Crippen LogP contribution in [0.25, 0.3) is 0 Å². The zero-order valence-electron chi connectivity index (χ0n) is 11.6. The molecule has 0 bridgehead atoms. The van der Waals surface area contributed by atoms with E-state index in [0.29, 0.717) is 12.2 Å². The highest BCUT2D eigenvalue weighted by Crippen LogP contribution is 2.32. The molecule has 0 amide bonds. The minimum atomic E-state index is -0.396. The monoisotopic (exact) mass is 415 g/mol. The highest BCUT2D eigenvalue weighted by atomic mass is 79.9. The fraction of sp³-hybridized carbons (Fsp3) is 0.250. The predicted molar refractivity (Wildman–Crippen MR) is 90.3 cm³/mol. The molecule has 0 aliphatic carbocycles. The molecule has 5 heteroatoms. The molecular weight excluding hydrogens is 401 g/mol. The molecule has 0 aliphatic rings. The third kappa shape index (κ3) is 4.53. The normalized spacial score (nSPS) is 12.2. The first-order chi connectivity index (χ1) is 9.99. The Hall–Kier alpha value is -0.910. The van der Waals surface area contributed by atoms with Gasteiger partial charge in [-0.25, -0.2) is 4.39 Å². The second-order valence-electron chi connectivity index (χ2n) is 4.80. The molecule has 0 aromatic heterocycles. The molecule has 0 saturated heterocycles. The minimum absolute atomic E-state index is 0.0500. The third-order valence-corrected chi connectivity index (χ3v) is 4.13. The second-order valence-corrected chi connectivity index (χ2v) is 6.63. The predicted octanol–water partition coefficient (Wildman–Crippen LogP) is 5.42. The molecule has 2 N–H and O–H groups in total. The Bertz CT molecular complexity index is 634. The fourth-order valence-corrected chi connectivity index (χ4v) is 2.66. The summed E-state index contributed by atoms with van der Waals surface area (Å²) in [5.74, 6) is 0.420. The second kappa shape index (κ2) is 7.38. The first-order valence-electron chi connectivity index (χ1n) is 6.66. The van der Waals surface area contributed by atoms with Crippen LogP contribution in [0.2, 0.25) is 0 Å². The van der Waals surface area contributed by atoms with Gasteiger partial charge < -0.3 is 10.5 Å². The van der Waals surface area contributed by atoms with Crippen molar-refractivity contribution in [2.45, 2.75) is 25.8 Å². The van der Waals surface area contributed by atoms with E-state index in [-0.39, 0.29) is 11.8 Å². The van der Waals surface area contributed by atoms with Crippen molar-refractivity contribution in [2.24, 2.45) is 5.73 Å². The summed E-state index contributed by atoms with van der Waals surface area (Å²) in [5.41, 5.74) is 6.98. The van der Waals surface area contributed by atoms with E-state index in [0.717, 1.165) is 20.9 Å². The Morgan fingerprint density at radius 2 is 1.76 bits per heavy atom. The third-order valence-electron chi connectivity index (χ3n) is 3.14. The van der Waals surface area contributed by atoms with Gasteiger partial charge in [-0.3, -0.25) is 0 Å². The van der Waals surface area contributed by atoms with Crippen molar-refractivity contribution < 1.29 is 9.13 Å². The van der Waals surface area contributed by atoms with E-state index in [1.807, 2.05) is 25.1 Å². The lowest BCUT2D eigenvalue weighted by Crippen LogP contribution is -2.21. The average molecular weight is 417 g/mol. The van der Waals surface area contributed by atoms with Crippen LogP contribution in [0.15, 0.2) is 45.3 Å². The van der Waals surface area contributed by atoms with Gasteiger partial charge in [-0.2, -0.15) is 0 Å². The van der Waals surface area contributed by atoms with Crippen LogP contribution in [0.3, 0.4) is 0 Å². The zero-order chi connectivity index (χ0) is 15.4. The number of halogens is 3. The summed E-state index contributed by atoms with van der Waals surface area (Å²) >= 11 is 6.76. The molecular formula is C16H16Br2FNO. The van der Waals surface area contributed by atoms with E-state index in [1.54, 1.807) is 12.1 Å². The number of hydrogen-bond donors (Lipinski definition) is 1. The largest absolute Gasteiger partial charge is 0.454 e. The van der Waals surface area contributed by atoms with Gasteiger partial charge in [0.25, 0.3) is 0 Å². The molecule has 0 radical (unpaired) electrons. The SMILES string of the molecule is CCC(N)Cc1cc(Br)ccc1Oc1cc(Br)ccc1F. The average Bonchev–Trinajstić information content (AvgIpc) is 2.45. The maximum Gasteiger partial charge on any atom is 0.165 e. The van der Waals surface area contributed by atoms with Crippen LogP contribution in [0.1, 0.15) is 18.9 Å². The summed E-state index contributed by atoms with van der Waals surface area (Å²) in [6, 6.07) is 10.3. The van der Waals surface area contributed by atoms with Crippen molar-refractivity contribution in [1.29, 1.82) is 0 Å². The summed E-state index contributed by atoms with van der Waals surface area (Å²) in [4.78, 5) is 0. The van der Waals surface area contributed by atoms with Crippen molar-refractivity contribution in [1.82, 2.24) is 0 Å². The van der Waals surface area contributed by atoms with Gasteiger partial charge in [0.15, 0.2) is 11.6 Å². The van der Waals surface area contributed by atoms with Crippen molar-refractivity contribution in [3.8, 4) is 11.5 Å². The van der Waals surface area contributed by atoms with E-state index in [1.165, 1.54) is 6.07 Å². The van der Waals surface area contributed by atoms with Crippen molar-refractivity contribution >= 4 is 31.9 Å². The van der Waals surface area contributed by atoms with Crippen LogP contribution in [-0.4, -0.2) is 6.04 Å². The van der Waals surface area contributed by atoms with Crippen LogP contribution in [-0.2, 0) is 6.42 Å². The Kier molecular flexibility index (Phi) is 5.79. The maximum atomic E-state index is 13.8. The van der Waals surface area contributed by atoms with E-state index >= 15 is 0 Å². The fourth-order valence-electron chi connectivity index (χ4n) is 1.91. The highest BCUT2D eigenvalue weighted by Gasteiger charge is 2.12. The Morgan fingerprint density at radius 1 is 1.10 bits per heavy atom. The molecule has 21 heavy (non-hydrogen) atoms. The Morgan fingerprint density at radius 3 is 2.48 bits per heavy atom. The Labute approximate surface area is 140 Å². The van der Waals surface area contributed by atoms with Gasteiger partial charge in [0.1, 0.15) is 5.75 Å². The summed E-state index contributed by atoms with van der Waals surface area (Å²) in [6.07, 6.45) is 1.55. The summed E-state index contributed by atoms with van der Waals surface area (Å²) in [7, 11) is 0. The highest BCUT2D eigenvalue weighted by molar-refractivity contribution is 9.10. The molecule has 1 unspecified atom stereocenters. The van der Waals surface area contributed by atoms with Crippen molar-refractivity contribution in [2.75, 3.05) is 0 Å². The van der Waals surface area contributed by atoms with Gasteiger partial charge in [-0.05, 0) is 54.8 Å². The molecule has 2 rings (SSSR count). The van der Waals surface area contributed by atoms with E-state index in [9.17, 15) is 4.39 Å². The number of benzene rings is 2. The first-order valence-corrected chi connectivity index (χ1v) is 8.25. The molecule has 0 heterocycles. The molecule has 1 atom stereocenters. The lowest BCUT2D eigenvalue weighted by molar-refractivity contribution is 0.435. The van der Waals surface area contributed by atoms with Crippen molar-refractivity contribution in [3.63, 3.8) is 0 Å². The first kappa shape index (κ1) is 16.5. The molecule has 2 aromatic rings. The van der Waals surface area contributed by atoms with Gasteiger partial charge in [-0.1, -0.05) is 38.8 Å². The van der Waals surface area contributed by atoms with Gasteiger partial charge in [0.05, 0.1) is 0 Å². The summed E-state index contributed by atoms with van der Waals surface area (Å²) in [5, 5.41) is 0. The van der Waals surface area contributed by atoms with E-state index < -0.39 is 5.82 Å².